The summed E-state index contributed by atoms with van der Waals surface area (Å²) in [6.07, 6.45) is 3.31. The molecule has 1 unspecified atom stereocenters. The van der Waals surface area contributed by atoms with Gasteiger partial charge in [-0.3, -0.25) is 0 Å². The molecule has 0 amide bonds. The Hall–Kier alpha value is -2.29. The van der Waals surface area contributed by atoms with Gasteiger partial charge >= 0.3 is 11.9 Å². The number of nitriles is 1. The summed E-state index contributed by atoms with van der Waals surface area (Å²) in [7, 11) is 1.24. The topological polar surface area (TPSA) is 88.4 Å². The summed E-state index contributed by atoms with van der Waals surface area (Å²) in [6.45, 7) is 5.21. The molecule has 0 aromatic heterocycles. The lowest BCUT2D eigenvalue weighted by atomic mass is 10.1. The summed E-state index contributed by atoms with van der Waals surface area (Å²) in [5.74, 6) is -1.72. The Kier molecular flexibility index (Phi) is 4.92. The van der Waals surface area contributed by atoms with Crippen molar-refractivity contribution in [3.05, 3.63) is 23.5 Å². The van der Waals surface area contributed by atoms with Crippen LogP contribution in [-0.4, -0.2) is 24.6 Å². The van der Waals surface area contributed by atoms with Crippen molar-refractivity contribution in [1.82, 2.24) is 5.32 Å². The van der Waals surface area contributed by atoms with E-state index in [4.69, 9.17) is 10.00 Å². The van der Waals surface area contributed by atoms with Crippen molar-refractivity contribution >= 4 is 11.9 Å². The minimum Gasteiger partial charge on any atom is -0.464 e. The molecular weight excluding hydrogens is 260 g/mol. The quantitative estimate of drug-likeness (QED) is 0.768. The van der Waals surface area contributed by atoms with E-state index < -0.39 is 23.5 Å². The van der Waals surface area contributed by atoms with Crippen LogP contribution in [0.25, 0.3) is 0 Å². The van der Waals surface area contributed by atoms with Gasteiger partial charge in [-0.25, -0.2) is 9.59 Å². The number of nitrogens with one attached hydrogen (secondary N) is 1. The van der Waals surface area contributed by atoms with E-state index in [1.165, 1.54) is 19.3 Å². The Morgan fingerprint density at radius 1 is 1.35 bits per heavy atom. The number of ether oxygens (including phenoxy) is 2. The average molecular weight is 278 g/mol. The maximum Gasteiger partial charge on any atom is 0.354 e. The molecule has 1 heterocycles. The molecule has 6 nitrogen and oxygen atoms in total. The standard InChI is InChI=1S/C14H18N2O4/c1-14(2,3)20-13(18)11-7-9(8-15)5-6-10(16-11)12(17)19-4/h6-7,9,16H,5H2,1-4H3. The molecule has 0 aliphatic carbocycles. The molecule has 0 aromatic rings. The first kappa shape index (κ1) is 15.8. The zero-order chi connectivity index (χ0) is 15.3. The largest absolute Gasteiger partial charge is 0.464 e. The van der Waals surface area contributed by atoms with Gasteiger partial charge in [0.2, 0.25) is 0 Å². The van der Waals surface area contributed by atoms with E-state index >= 15 is 0 Å². The highest BCUT2D eigenvalue weighted by atomic mass is 16.6. The van der Waals surface area contributed by atoms with Crippen molar-refractivity contribution in [2.75, 3.05) is 7.11 Å². The molecular formula is C14H18N2O4. The first-order valence-corrected chi connectivity index (χ1v) is 6.17. The first-order chi connectivity index (χ1) is 9.26. The predicted molar refractivity (Wildman–Crippen MR) is 70.9 cm³/mol. The Morgan fingerprint density at radius 2 is 2.00 bits per heavy atom. The number of hydrogen-bond donors (Lipinski definition) is 1. The summed E-state index contributed by atoms with van der Waals surface area (Å²) in [5.41, 5.74) is -0.466. The van der Waals surface area contributed by atoms with Gasteiger partial charge < -0.3 is 14.8 Å². The van der Waals surface area contributed by atoms with Crippen molar-refractivity contribution < 1.29 is 19.1 Å². The molecule has 1 aliphatic heterocycles. The van der Waals surface area contributed by atoms with Crippen LogP contribution in [0.1, 0.15) is 27.2 Å². The summed E-state index contributed by atoms with van der Waals surface area (Å²) < 4.78 is 9.84. The third kappa shape index (κ3) is 4.43. The van der Waals surface area contributed by atoms with Crippen LogP contribution in [0.15, 0.2) is 23.5 Å². The highest BCUT2D eigenvalue weighted by molar-refractivity contribution is 5.94. The predicted octanol–water partition coefficient (Wildman–Crippen LogP) is 1.40. The normalized spacial score (nSPS) is 18.6. The molecule has 6 heteroatoms. The smallest absolute Gasteiger partial charge is 0.354 e. The van der Waals surface area contributed by atoms with E-state index in [0.29, 0.717) is 6.42 Å². The van der Waals surface area contributed by atoms with Gasteiger partial charge in [-0.15, -0.1) is 0 Å². The summed E-state index contributed by atoms with van der Waals surface area (Å²) in [5, 5.41) is 11.7. The molecule has 0 saturated carbocycles. The van der Waals surface area contributed by atoms with Crippen molar-refractivity contribution in [1.29, 1.82) is 5.26 Å². The number of nitrogens with zero attached hydrogens (tertiary/aromatic N) is 1. The maximum absolute atomic E-state index is 12.0. The van der Waals surface area contributed by atoms with Gasteiger partial charge in [-0.1, -0.05) is 6.08 Å². The lowest BCUT2D eigenvalue weighted by Gasteiger charge is -2.21. The summed E-state index contributed by atoms with van der Waals surface area (Å²) >= 11 is 0. The van der Waals surface area contributed by atoms with Crippen molar-refractivity contribution in [3.8, 4) is 6.07 Å². The molecule has 1 aliphatic rings. The fourth-order valence-electron chi connectivity index (χ4n) is 1.54. The van der Waals surface area contributed by atoms with E-state index in [9.17, 15) is 9.59 Å². The third-order valence-electron chi connectivity index (χ3n) is 2.40. The molecule has 0 bridgehead atoms. The molecule has 0 radical (unpaired) electrons. The van der Waals surface area contributed by atoms with Crippen LogP contribution in [0.4, 0.5) is 0 Å². The number of carbonyl (C=O) groups is 2. The zero-order valence-corrected chi connectivity index (χ0v) is 12.0. The third-order valence-corrected chi connectivity index (χ3v) is 2.40. The first-order valence-electron chi connectivity index (χ1n) is 6.17. The molecule has 1 N–H and O–H groups in total. The Balaban J connectivity index is 3.00. The second kappa shape index (κ2) is 6.24. The fourth-order valence-corrected chi connectivity index (χ4v) is 1.54. The van der Waals surface area contributed by atoms with Crippen LogP contribution in [0, 0.1) is 17.2 Å². The Labute approximate surface area is 118 Å². The zero-order valence-electron chi connectivity index (χ0n) is 12.0. The van der Waals surface area contributed by atoms with E-state index in [1.807, 2.05) is 6.07 Å². The SMILES string of the molecule is COC(=O)C1=CCC(C#N)C=C(C(=O)OC(C)(C)C)N1. The summed E-state index contributed by atoms with van der Waals surface area (Å²) in [6, 6.07) is 2.05. The number of allylic oxidation sites excluding steroid dienone is 2. The number of hydrogen-bond acceptors (Lipinski definition) is 6. The number of carbonyl (C=O) groups excluding carboxylic acids is 2. The van der Waals surface area contributed by atoms with Crippen LogP contribution in [0.2, 0.25) is 0 Å². The maximum atomic E-state index is 12.0. The Bertz CT molecular complexity index is 506. The number of rotatable bonds is 2. The Morgan fingerprint density at radius 3 is 2.50 bits per heavy atom. The van der Waals surface area contributed by atoms with E-state index in [0.717, 1.165) is 0 Å². The molecule has 108 valence electrons. The molecule has 0 saturated heterocycles. The highest BCUT2D eigenvalue weighted by Gasteiger charge is 2.25. The number of esters is 2. The van der Waals surface area contributed by atoms with E-state index in [1.54, 1.807) is 20.8 Å². The second-order valence-electron chi connectivity index (χ2n) is 5.29. The average Bonchev–Trinajstić information content (AvgIpc) is 2.58. The van der Waals surface area contributed by atoms with Gasteiger partial charge in [0.15, 0.2) is 0 Å². The molecule has 1 rings (SSSR count). The van der Waals surface area contributed by atoms with Gasteiger partial charge in [0.25, 0.3) is 0 Å². The van der Waals surface area contributed by atoms with Gasteiger partial charge in [0, 0.05) is 0 Å². The molecule has 0 fully saturated rings. The minimum atomic E-state index is -0.664. The lowest BCUT2D eigenvalue weighted by molar-refractivity contribution is -0.150. The highest BCUT2D eigenvalue weighted by Crippen LogP contribution is 2.18. The van der Waals surface area contributed by atoms with Crippen LogP contribution < -0.4 is 5.32 Å². The van der Waals surface area contributed by atoms with Gasteiger partial charge in [-0.05, 0) is 33.3 Å². The van der Waals surface area contributed by atoms with Crippen molar-refractivity contribution in [2.45, 2.75) is 32.8 Å². The van der Waals surface area contributed by atoms with Crippen molar-refractivity contribution in [3.63, 3.8) is 0 Å². The molecule has 20 heavy (non-hydrogen) atoms. The molecule has 1 atom stereocenters. The fraction of sp³-hybridized carbons (Fsp3) is 0.500. The number of methoxy groups -OCH3 is 1. The monoisotopic (exact) mass is 278 g/mol. The van der Waals surface area contributed by atoms with Crippen LogP contribution in [0.3, 0.4) is 0 Å². The van der Waals surface area contributed by atoms with Crippen LogP contribution in [0.5, 0.6) is 0 Å². The van der Waals surface area contributed by atoms with Gasteiger partial charge in [-0.2, -0.15) is 5.26 Å². The van der Waals surface area contributed by atoms with E-state index in [-0.39, 0.29) is 11.4 Å². The van der Waals surface area contributed by atoms with Crippen molar-refractivity contribution in [2.24, 2.45) is 5.92 Å². The van der Waals surface area contributed by atoms with E-state index in [2.05, 4.69) is 10.1 Å². The minimum absolute atomic E-state index is 0.0700. The molecule has 0 aromatic carbocycles. The summed E-state index contributed by atoms with van der Waals surface area (Å²) in [4.78, 5) is 23.6. The molecule has 0 spiro atoms. The lowest BCUT2D eigenvalue weighted by Crippen LogP contribution is -2.31. The van der Waals surface area contributed by atoms with Gasteiger partial charge in [0.1, 0.15) is 17.0 Å². The second-order valence-corrected chi connectivity index (χ2v) is 5.29. The van der Waals surface area contributed by atoms with Crippen LogP contribution >= 0.6 is 0 Å². The van der Waals surface area contributed by atoms with Gasteiger partial charge in [0.05, 0.1) is 19.1 Å². The van der Waals surface area contributed by atoms with Crippen LogP contribution in [-0.2, 0) is 19.1 Å².